The van der Waals surface area contributed by atoms with Crippen LogP contribution in [0, 0.1) is 12.8 Å². The minimum Gasteiger partial charge on any atom is -0.361 e. The third-order valence-electron chi connectivity index (χ3n) is 5.51. The lowest BCUT2D eigenvalue weighted by Gasteiger charge is -2.33. The number of aromatic nitrogens is 1. The number of piperidine rings is 1. The average Bonchev–Trinajstić information content (AvgIpc) is 3.32. The molecule has 1 aliphatic carbocycles. The molecule has 4 rings (SSSR count). The van der Waals surface area contributed by atoms with Gasteiger partial charge < -0.3 is 14.7 Å². The number of nitrogens with zero attached hydrogens (tertiary/aromatic N) is 2. The molecule has 3 heterocycles. The zero-order valence-corrected chi connectivity index (χ0v) is 16.4. The zero-order valence-electron chi connectivity index (χ0n) is 15.6. The van der Waals surface area contributed by atoms with Crippen LogP contribution in [0.5, 0.6) is 0 Å². The van der Waals surface area contributed by atoms with Gasteiger partial charge >= 0.3 is 0 Å². The molecule has 0 unspecified atom stereocenters. The molecule has 0 radical (unpaired) electrons. The Labute approximate surface area is 162 Å². The van der Waals surface area contributed by atoms with Gasteiger partial charge in [-0.25, -0.2) is 0 Å². The van der Waals surface area contributed by atoms with E-state index in [2.05, 4.69) is 15.9 Å². The van der Waals surface area contributed by atoms with E-state index in [0.717, 1.165) is 37.8 Å². The second-order valence-corrected chi connectivity index (χ2v) is 8.51. The van der Waals surface area contributed by atoms with Crippen LogP contribution in [0.4, 0.5) is 0 Å². The Kier molecular flexibility index (Phi) is 5.29. The Balaban J connectivity index is 1.36. The van der Waals surface area contributed by atoms with Gasteiger partial charge in [0.2, 0.25) is 0 Å². The molecule has 0 spiro atoms. The van der Waals surface area contributed by atoms with Crippen LogP contribution in [0.3, 0.4) is 0 Å². The molecule has 1 atom stereocenters. The van der Waals surface area contributed by atoms with E-state index < -0.39 is 0 Å². The Morgan fingerprint density at radius 1 is 1.33 bits per heavy atom. The van der Waals surface area contributed by atoms with Gasteiger partial charge in [-0.1, -0.05) is 5.16 Å². The van der Waals surface area contributed by atoms with Crippen molar-refractivity contribution in [3.8, 4) is 0 Å². The first kappa shape index (κ1) is 18.2. The number of aryl methyl sites for hydroxylation is 2. The maximum atomic E-state index is 13.1. The molecule has 0 bridgehead atoms. The number of carbonyl (C=O) groups excluding carboxylic acids is 2. The number of rotatable bonds is 4. The highest BCUT2D eigenvalue weighted by atomic mass is 32.1. The van der Waals surface area contributed by atoms with Crippen molar-refractivity contribution in [2.24, 2.45) is 5.92 Å². The summed E-state index contributed by atoms with van der Waals surface area (Å²) in [5.41, 5.74) is 2.51. The SMILES string of the molecule is Cc1cc(C(=O)NC[C@H]2CCCN(C(=O)c3csc4c3CCCC4)C2)no1. The summed E-state index contributed by atoms with van der Waals surface area (Å²) in [6, 6.07) is 1.63. The first-order valence-electron chi connectivity index (χ1n) is 9.72. The molecular formula is C20H25N3O3S. The molecule has 1 N–H and O–H groups in total. The molecule has 7 heteroatoms. The van der Waals surface area contributed by atoms with E-state index in [1.807, 2.05) is 4.90 Å². The Morgan fingerprint density at radius 2 is 2.19 bits per heavy atom. The lowest BCUT2D eigenvalue weighted by Crippen LogP contribution is -2.44. The van der Waals surface area contributed by atoms with Gasteiger partial charge in [-0.15, -0.1) is 11.3 Å². The van der Waals surface area contributed by atoms with E-state index in [1.165, 1.54) is 23.3 Å². The smallest absolute Gasteiger partial charge is 0.273 e. The van der Waals surface area contributed by atoms with Crippen molar-refractivity contribution in [2.75, 3.05) is 19.6 Å². The second kappa shape index (κ2) is 7.84. The number of hydrogen-bond acceptors (Lipinski definition) is 5. The summed E-state index contributed by atoms with van der Waals surface area (Å²) in [6.07, 6.45) is 6.55. The standard InChI is InChI=1S/C20H25N3O3S/c1-13-9-17(22-26-13)19(24)21-10-14-5-4-8-23(11-14)20(25)16-12-27-18-7-3-2-6-15(16)18/h9,12,14H,2-8,10-11H2,1H3,(H,21,24)/t14-/m1/s1. The molecule has 2 aromatic rings. The average molecular weight is 388 g/mol. The molecule has 2 aliphatic rings. The fraction of sp³-hybridized carbons (Fsp3) is 0.550. The predicted octanol–water partition coefficient (Wildman–Crippen LogP) is 3.21. The summed E-state index contributed by atoms with van der Waals surface area (Å²) in [4.78, 5) is 28.6. The Bertz CT molecular complexity index is 841. The number of likely N-dealkylation sites (tertiary alicyclic amines) is 1. The van der Waals surface area contributed by atoms with Gasteiger partial charge in [-0.05, 0) is 56.9 Å². The quantitative estimate of drug-likeness (QED) is 0.874. The monoisotopic (exact) mass is 387 g/mol. The van der Waals surface area contributed by atoms with E-state index in [0.29, 0.717) is 24.5 Å². The highest BCUT2D eigenvalue weighted by Crippen LogP contribution is 2.31. The molecule has 1 fully saturated rings. The van der Waals surface area contributed by atoms with Crippen molar-refractivity contribution in [1.82, 2.24) is 15.4 Å². The van der Waals surface area contributed by atoms with Crippen LogP contribution < -0.4 is 5.32 Å². The lowest BCUT2D eigenvalue weighted by molar-refractivity contribution is 0.0670. The van der Waals surface area contributed by atoms with E-state index in [-0.39, 0.29) is 17.7 Å². The van der Waals surface area contributed by atoms with Crippen LogP contribution in [-0.2, 0) is 12.8 Å². The number of fused-ring (bicyclic) bond motifs is 1. The maximum absolute atomic E-state index is 13.1. The lowest BCUT2D eigenvalue weighted by atomic mass is 9.94. The van der Waals surface area contributed by atoms with Gasteiger partial charge in [0.05, 0.1) is 5.56 Å². The van der Waals surface area contributed by atoms with Crippen LogP contribution in [0.25, 0.3) is 0 Å². The van der Waals surface area contributed by atoms with Gasteiger partial charge in [-0.3, -0.25) is 9.59 Å². The maximum Gasteiger partial charge on any atom is 0.273 e. The number of thiophene rings is 1. The van der Waals surface area contributed by atoms with Gasteiger partial charge in [0.15, 0.2) is 5.69 Å². The highest BCUT2D eigenvalue weighted by molar-refractivity contribution is 7.10. The van der Waals surface area contributed by atoms with Gasteiger partial charge in [0, 0.05) is 36.0 Å². The molecule has 27 heavy (non-hydrogen) atoms. The van der Waals surface area contributed by atoms with Crippen molar-refractivity contribution < 1.29 is 14.1 Å². The molecule has 2 amide bonds. The second-order valence-electron chi connectivity index (χ2n) is 7.55. The van der Waals surface area contributed by atoms with E-state index in [9.17, 15) is 9.59 Å². The molecule has 1 aliphatic heterocycles. The summed E-state index contributed by atoms with van der Waals surface area (Å²) < 4.78 is 4.95. The van der Waals surface area contributed by atoms with Crippen LogP contribution in [0.1, 0.15) is 62.7 Å². The molecule has 2 aromatic heterocycles. The van der Waals surface area contributed by atoms with Gasteiger partial charge in [-0.2, -0.15) is 0 Å². The first-order valence-corrected chi connectivity index (χ1v) is 10.6. The summed E-state index contributed by atoms with van der Waals surface area (Å²) in [7, 11) is 0. The minimum atomic E-state index is -0.220. The van der Waals surface area contributed by atoms with Crippen molar-refractivity contribution in [3.05, 3.63) is 38.9 Å². The number of nitrogens with one attached hydrogen (secondary N) is 1. The van der Waals surface area contributed by atoms with Gasteiger partial charge in [0.25, 0.3) is 11.8 Å². The molecule has 0 aromatic carbocycles. The van der Waals surface area contributed by atoms with Crippen molar-refractivity contribution >= 4 is 23.2 Å². The molecule has 0 saturated carbocycles. The van der Waals surface area contributed by atoms with E-state index in [4.69, 9.17) is 4.52 Å². The van der Waals surface area contributed by atoms with Crippen molar-refractivity contribution in [1.29, 1.82) is 0 Å². The number of amides is 2. The molecule has 1 saturated heterocycles. The molecule has 6 nitrogen and oxygen atoms in total. The largest absolute Gasteiger partial charge is 0.361 e. The predicted molar refractivity (Wildman–Crippen MR) is 103 cm³/mol. The van der Waals surface area contributed by atoms with Crippen LogP contribution >= 0.6 is 11.3 Å². The fourth-order valence-electron chi connectivity index (χ4n) is 4.06. The van der Waals surface area contributed by atoms with E-state index in [1.54, 1.807) is 24.3 Å². The normalized spacial score (nSPS) is 19.6. The fourth-order valence-corrected chi connectivity index (χ4v) is 5.18. The Hall–Kier alpha value is -2.15. The van der Waals surface area contributed by atoms with E-state index >= 15 is 0 Å². The third-order valence-corrected chi connectivity index (χ3v) is 6.60. The summed E-state index contributed by atoms with van der Waals surface area (Å²) in [6.45, 7) is 3.81. The van der Waals surface area contributed by atoms with Gasteiger partial charge in [0.1, 0.15) is 5.76 Å². The minimum absolute atomic E-state index is 0.164. The van der Waals surface area contributed by atoms with Crippen LogP contribution in [-0.4, -0.2) is 41.5 Å². The van der Waals surface area contributed by atoms with Crippen LogP contribution in [0.15, 0.2) is 16.0 Å². The van der Waals surface area contributed by atoms with Crippen LogP contribution in [0.2, 0.25) is 0 Å². The zero-order chi connectivity index (χ0) is 18.8. The van der Waals surface area contributed by atoms with Crippen molar-refractivity contribution in [3.63, 3.8) is 0 Å². The van der Waals surface area contributed by atoms with Crippen molar-refractivity contribution in [2.45, 2.75) is 45.4 Å². The topological polar surface area (TPSA) is 75.4 Å². The highest BCUT2D eigenvalue weighted by Gasteiger charge is 2.28. The Morgan fingerprint density at radius 3 is 3.00 bits per heavy atom. The first-order chi connectivity index (χ1) is 13.1. The molecule has 144 valence electrons. The number of carbonyl (C=O) groups is 2. The number of hydrogen-bond donors (Lipinski definition) is 1. The molecular weight excluding hydrogens is 362 g/mol. The summed E-state index contributed by atoms with van der Waals surface area (Å²) in [5.74, 6) is 0.836. The summed E-state index contributed by atoms with van der Waals surface area (Å²) in [5, 5.41) is 8.73. The summed E-state index contributed by atoms with van der Waals surface area (Å²) >= 11 is 1.74. The third kappa shape index (κ3) is 3.93.